The molecular weight excluding hydrogens is 260 g/mol. The van der Waals surface area contributed by atoms with E-state index in [1.54, 1.807) is 34.9 Å². The quantitative estimate of drug-likeness (QED) is 0.740. The summed E-state index contributed by atoms with van der Waals surface area (Å²) in [6.45, 7) is 6.07. The summed E-state index contributed by atoms with van der Waals surface area (Å²) < 4.78 is 9.77. The molecule has 0 aromatic rings. The highest BCUT2D eigenvalue weighted by Gasteiger charge is 2.20. The molecule has 0 atom stereocenters. The Balaban J connectivity index is 4.06. The number of nitrogens with zero attached hydrogens (tertiary/aromatic N) is 2. The molecule has 6 nitrogen and oxygen atoms in total. The first kappa shape index (κ1) is 16.8. The van der Waals surface area contributed by atoms with Gasteiger partial charge in [0.2, 0.25) is 0 Å². The number of likely N-dealkylation sites (N-methyl/N-ethyl adjacent to an activating group) is 2. The summed E-state index contributed by atoms with van der Waals surface area (Å²) in [5, 5.41) is 0. The number of rotatable bonds is 4. The van der Waals surface area contributed by atoms with Crippen LogP contribution in [0.25, 0.3) is 0 Å². The minimum Gasteiger partial charge on any atom is -0.444 e. The summed E-state index contributed by atoms with van der Waals surface area (Å²) in [5.41, 5.74) is -0.533. The molecule has 0 bridgehead atoms. The molecule has 0 rings (SSSR count). The fourth-order valence-corrected chi connectivity index (χ4v) is 1.07. The summed E-state index contributed by atoms with van der Waals surface area (Å²) in [5.74, 6) is 0. The van der Waals surface area contributed by atoms with E-state index in [-0.39, 0.29) is 6.07 Å². The minimum atomic E-state index is -0.533. The van der Waals surface area contributed by atoms with Crippen molar-refractivity contribution < 1.29 is 19.1 Å². The second-order valence-corrected chi connectivity index (χ2v) is 5.06. The molecule has 0 spiro atoms. The van der Waals surface area contributed by atoms with Crippen molar-refractivity contribution in [2.45, 2.75) is 26.4 Å². The molecule has 106 valence electrons. The Morgan fingerprint density at radius 2 is 1.50 bits per heavy atom. The maximum absolute atomic E-state index is 11.6. The topological polar surface area (TPSA) is 59.1 Å². The Kier molecular flexibility index (Phi) is 6.83. The van der Waals surface area contributed by atoms with Crippen molar-refractivity contribution in [3.63, 3.8) is 0 Å². The van der Waals surface area contributed by atoms with Crippen molar-refractivity contribution in [3.8, 4) is 0 Å². The van der Waals surface area contributed by atoms with E-state index < -0.39 is 17.8 Å². The molecule has 0 aromatic heterocycles. The van der Waals surface area contributed by atoms with Crippen LogP contribution in [-0.4, -0.2) is 60.8 Å². The molecule has 0 aliphatic carbocycles. The van der Waals surface area contributed by atoms with Gasteiger partial charge in [0.1, 0.15) is 5.60 Å². The van der Waals surface area contributed by atoms with Crippen molar-refractivity contribution in [3.05, 3.63) is 0 Å². The number of ether oxygens (including phenoxy) is 2. The highest BCUT2D eigenvalue weighted by molar-refractivity contribution is 6.17. The van der Waals surface area contributed by atoms with Crippen LogP contribution < -0.4 is 0 Å². The number of hydrogen-bond donors (Lipinski definition) is 0. The molecule has 18 heavy (non-hydrogen) atoms. The third-order valence-electron chi connectivity index (χ3n) is 1.97. The Morgan fingerprint density at radius 1 is 1.06 bits per heavy atom. The lowest BCUT2D eigenvalue weighted by Crippen LogP contribution is -2.40. The average Bonchev–Trinajstić information content (AvgIpc) is 2.23. The van der Waals surface area contributed by atoms with Crippen LogP contribution in [0.4, 0.5) is 9.59 Å². The number of amides is 2. The van der Waals surface area contributed by atoms with Crippen LogP contribution in [0.1, 0.15) is 20.8 Å². The van der Waals surface area contributed by atoms with Gasteiger partial charge in [0.25, 0.3) is 0 Å². The first-order chi connectivity index (χ1) is 8.17. The van der Waals surface area contributed by atoms with Crippen LogP contribution in [0.15, 0.2) is 0 Å². The highest BCUT2D eigenvalue weighted by Crippen LogP contribution is 2.08. The SMILES string of the molecule is CN(CCN(C)C(=O)OC(C)(C)C)C(=O)OCCl. The van der Waals surface area contributed by atoms with Gasteiger partial charge in [-0.2, -0.15) is 0 Å². The number of alkyl halides is 1. The highest BCUT2D eigenvalue weighted by atomic mass is 35.5. The van der Waals surface area contributed by atoms with Crippen molar-refractivity contribution in [1.29, 1.82) is 0 Å². The number of halogens is 1. The minimum absolute atomic E-state index is 0.189. The van der Waals surface area contributed by atoms with Gasteiger partial charge in [0.05, 0.1) is 0 Å². The lowest BCUT2D eigenvalue weighted by atomic mass is 10.2. The first-order valence-corrected chi connectivity index (χ1v) is 6.09. The monoisotopic (exact) mass is 280 g/mol. The van der Waals surface area contributed by atoms with E-state index >= 15 is 0 Å². The molecule has 0 saturated heterocycles. The van der Waals surface area contributed by atoms with E-state index in [9.17, 15) is 9.59 Å². The van der Waals surface area contributed by atoms with Crippen LogP contribution in [0.2, 0.25) is 0 Å². The standard InChI is InChI=1S/C11H21ClN2O4/c1-11(2,3)18-10(16)14(5)7-6-13(4)9(15)17-8-12/h6-8H2,1-5H3. The Hall–Kier alpha value is -1.17. The predicted octanol–water partition coefficient (Wildman–Crippen LogP) is 2.12. The van der Waals surface area contributed by atoms with Crippen LogP contribution in [0.3, 0.4) is 0 Å². The third-order valence-corrected chi connectivity index (χ3v) is 2.07. The van der Waals surface area contributed by atoms with Gasteiger partial charge in [0.15, 0.2) is 6.07 Å². The molecule has 0 radical (unpaired) electrons. The van der Waals surface area contributed by atoms with E-state index in [0.29, 0.717) is 13.1 Å². The van der Waals surface area contributed by atoms with E-state index in [2.05, 4.69) is 4.74 Å². The van der Waals surface area contributed by atoms with Gasteiger partial charge in [-0.05, 0) is 20.8 Å². The van der Waals surface area contributed by atoms with Crippen LogP contribution >= 0.6 is 11.6 Å². The van der Waals surface area contributed by atoms with Gasteiger partial charge in [-0.15, -0.1) is 0 Å². The van der Waals surface area contributed by atoms with Crippen LogP contribution in [-0.2, 0) is 9.47 Å². The van der Waals surface area contributed by atoms with Gasteiger partial charge in [-0.25, -0.2) is 9.59 Å². The molecule has 0 aromatic carbocycles. The molecular formula is C11H21ClN2O4. The summed E-state index contributed by atoms with van der Waals surface area (Å²) in [6.07, 6.45) is -0.954. The lowest BCUT2D eigenvalue weighted by Gasteiger charge is -2.26. The first-order valence-electron chi connectivity index (χ1n) is 5.55. The molecule has 0 saturated carbocycles. The molecule has 2 amide bonds. The summed E-state index contributed by atoms with van der Waals surface area (Å²) in [7, 11) is 3.17. The van der Waals surface area contributed by atoms with Crippen molar-refractivity contribution >= 4 is 23.8 Å². The predicted molar refractivity (Wildman–Crippen MR) is 68.7 cm³/mol. The fourth-order valence-electron chi connectivity index (χ4n) is 0.979. The largest absolute Gasteiger partial charge is 0.444 e. The van der Waals surface area contributed by atoms with Gasteiger partial charge >= 0.3 is 12.2 Å². The molecule has 0 unspecified atom stereocenters. The van der Waals surface area contributed by atoms with E-state index in [0.717, 1.165) is 0 Å². The summed E-state index contributed by atoms with van der Waals surface area (Å²) in [4.78, 5) is 25.6. The zero-order chi connectivity index (χ0) is 14.3. The normalized spacial score (nSPS) is 10.8. The third kappa shape index (κ3) is 7.21. The molecule has 0 aliphatic rings. The Bertz CT molecular complexity index is 291. The van der Waals surface area contributed by atoms with Crippen LogP contribution in [0, 0.1) is 0 Å². The zero-order valence-corrected chi connectivity index (χ0v) is 12.3. The van der Waals surface area contributed by atoms with E-state index in [1.807, 2.05) is 0 Å². The molecule has 0 aliphatic heterocycles. The number of carbonyl (C=O) groups is 2. The van der Waals surface area contributed by atoms with Crippen molar-refractivity contribution in [2.24, 2.45) is 0 Å². The second kappa shape index (κ2) is 7.31. The smallest absolute Gasteiger partial charge is 0.410 e. The molecule has 0 N–H and O–H groups in total. The Morgan fingerprint density at radius 3 is 1.89 bits per heavy atom. The summed E-state index contributed by atoms with van der Waals surface area (Å²) in [6, 6.07) is -0.189. The van der Waals surface area contributed by atoms with Crippen molar-refractivity contribution in [2.75, 3.05) is 33.3 Å². The average molecular weight is 281 g/mol. The Labute approximate surface area is 113 Å². The maximum atomic E-state index is 11.6. The summed E-state index contributed by atoms with van der Waals surface area (Å²) >= 11 is 5.27. The maximum Gasteiger partial charge on any atom is 0.410 e. The van der Waals surface area contributed by atoms with Gasteiger partial charge in [-0.1, -0.05) is 11.6 Å². The zero-order valence-electron chi connectivity index (χ0n) is 11.5. The van der Waals surface area contributed by atoms with Gasteiger partial charge < -0.3 is 19.3 Å². The molecule has 0 heterocycles. The van der Waals surface area contributed by atoms with Crippen LogP contribution in [0.5, 0.6) is 0 Å². The van der Waals surface area contributed by atoms with E-state index in [4.69, 9.17) is 16.3 Å². The van der Waals surface area contributed by atoms with Gasteiger partial charge in [-0.3, -0.25) is 0 Å². The van der Waals surface area contributed by atoms with Gasteiger partial charge in [0, 0.05) is 27.2 Å². The fraction of sp³-hybridized carbons (Fsp3) is 0.818. The number of hydrogen-bond acceptors (Lipinski definition) is 4. The molecule has 7 heteroatoms. The number of carbonyl (C=O) groups excluding carboxylic acids is 2. The van der Waals surface area contributed by atoms with Crippen molar-refractivity contribution in [1.82, 2.24) is 9.80 Å². The lowest BCUT2D eigenvalue weighted by molar-refractivity contribution is 0.0284. The molecule has 0 fully saturated rings. The second-order valence-electron chi connectivity index (χ2n) is 4.84. The van der Waals surface area contributed by atoms with E-state index in [1.165, 1.54) is 9.80 Å².